The standard InChI is InChI=1S/C14H19F2N/c1-3-4-5-6-7-8-17-14-10-12(15)11(2)9-13(14)16/h3,9-10,17H,1,4-8H2,2H3. The number of nitrogens with one attached hydrogen (secondary N) is 1. The quantitative estimate of drug-likeness (QED) is 0.548. The van der Waals surface area contributed by atoms with Crippen LogP contribution < -0.4 is 5.32 Å². The van der Waals surface area contributed by atoms with E-state index in [2.05, 4.69) is 11.9 Å². The highest BCUT2D eigenvalue weighted by Crippen LogP contribution is 2.18. The molecule has 0 aliphatic carbocycles. The first kappa shape index (κ1) is 13.7. The SMILES string of the molecule is C=CCCCCCNc1cc(F)c(C)cc1F. The Morgan fingerprint density at radius 1 is 1.18 bits per heavy atom. The molecule has 1 rings (SSSR count). The van der Waals surface area contributed by atoms with Crippen molar-refractivity contribution in [2.75, 3.05) is 11.9 Å². The summed E-state index contributed by atoms with van der Waals surface area (Å²) in [6.45, 7) is 5.87. The van der Waals surface area contributed by atoms with Crippen molar-refractivity contribution in [2.45, 2.75) is 32.6 Å². The number of hydrogen-bond acceptors (Lipinski definition) is 1. The van der Waals surface area contributed by atoms with Crippen molar-refractivity contribution in [2.24, 2.45) is 0 Å². The van der Waals surface area contributed by atoms with Crippen molar-refractivity contribution in [1.29, 1.82) is 0 Å². The van der Waals surface area contributed by atoms with E-state index < -0.39 is 5.82 Å². The van der Waals surface area contributed by atoms with Gasteiger partial charge >= 0.3 is 0 Å². The van der Waals surface area contributed by atoms with Crippen LogP contribution >= 0.6 is 0 Å². The van der Waals surface area contributed by atoms with Gasteiger partial charge < -0.3 is 5.32 Å². The molecule has 0 saturated carbocycles. The molecular formula is C14H19F2N. The van der Waals surface area contributed by atoms with Crippen LogP contribution in [-0.2, 0) is 0 Å². The van der Waals surface area contributed by atoms with E-state index in [1.165, 1.54) is 12.1 Å². The van der Waals surface area contributed by atoms with E-state index in [1.54, 1.807) is 6.92 Å². The largest absolute Gasteiger partial charge is 0.383 e. The fourth-order valence-corrected chi connectivity index (χ4v) is 1.60. The summed E-state index contributed by atoms with van der Waals surface area (Å²) in [5.74, 6) is -0.768. The van der Waals surface area contributed by atoms with Gasteiger partial charge in [-0.25, -0.2) is 8.78 Å². The third-order valence-corrected chi connectivity index (χ3v) is 2.65. The first-order valence-electron chi connectivity index (χ1n) is 5.95. The lowest BCUT2D eigenvalue weighted by Gasteiger charge is -2.08. The molecule has 0 aliphatic heterocycles. The molecule has 0 amide bonds. The minimum Gasteiger partial charge on any atom is -0.383 e. The minimum absolute atomic E-state index is 0.247. The van der Waals surface area contributed by atoms with E-state index in [4.69, 9.17) is 0 Å². The predicted octanol–water partition coefficient (Wildman–Crippen LogP) is 4.43. The van der Waals surface area contributed by atoms with E-state index in [0.29, 0.717) is 12.1 Å². The topological polar surface area (TPSA) is 12.0 Å². The molecule has 0 aromatic heterocycles. The Morgan fingerprint density at radius 3 is 2.65 bits per heavy atom. The summed E-state index contributed by atoms with van der Waals surface area (Å²) < 4.78 is 26.6. The van der Waals surface area contributed by atoms with Crippen LogP contribution in [0.25, 0.3) is 0 Å². The number of benzene rings is 1. The monoisotopic (exact) mass is 239 g/mol. The van der Waals surface area contributed by atoms with Crippen molar-refractivity contribution in [3.63, 3.8) is 0 Å². The molecule has 1 N–H and O–H groups in total. The molecule has 1 nitrogen and oxygen atoms in total. The maximum atomic E-state index is 13.4. The fourth-order valence-electron chi connectivity index (χ4n) is 1.60. The maximum Gasteiger partial charge on any atom is 0.146 e. The number of allylic oxidation sites excluding steroid dienone is 1. The molecule has 0 radical (unpaired) electrons. The molecule has 0 aliphatic rings. The van der Waals surface area contributed by atoms with Crippen molar-refractivity contribution in [1.82, 2.24) is 0 Å². The van der Waals surface area contributed by atoms with Crippen LogP contribution in [0.3, 0.4) is 0 Å². The summed E-state index contributed by atoms with van der Waals surface area (Å²) in [5.41, 5.74) is 0.579. The summed E-state index contributed by atoms with van der Waals surface area (Å²) in [4.78, 5) is 0. The highest BCUT2D eigenvalue weighted by molar-refractivity contribution is 5.46. The Bertz CT molecular complexity index is 375. The second-order valence-corrected chi connectivity index (χ2v) is 4.15. The zero-order valence-electron chi connectivity index (χ0n) is 10.2. The average Bonchev–Trinajstić information content (AvgIpc) is 2.30. The average molecular weight is 239 g/mol. The molecular weight excluding hydrogens is 220 g/mol. The van der Waals surface area contributed by atoms with Gasteiger partial charge in [0.25, 0.3) is 0 Å². The summed E-state index contributed by atoms with van der Waals surface area (Å²) in [6.07, 6.45) is 6.00. The number of anilines is 1. The summed E-state index contributed by atoms with van der Waals surface area (Å²) >= 11 is 0. The molecule has 3 heteroatoms. The smallest absolute Gasteiger partial charge is 0.146 e. The van der Waals surface area contributed by atoms with Crippen molar-refractivity contribution >= 4 is 5.69 Å². The lowest BCUT2D eigenvalue weighted by Crippen LogP contribution is -2.04. The van der Waals surface area contributed by atoms with Gasteiger partial charge in [-0.3, -0.25) is 0 Å². The molecule has 0 unspecified atom stereocenters. The number of rotatable bonds is 7. The van der Waals surface area contributed by atoms with Gasteiger partial charge in [0.05, 0.1) is 5.69 Å². The summed E-state index contributed by atoms with van der Waals surface area (Å²) in [7, 11) is 0. The first-order chi connectivity index (χ1) is 8.15. The zero-order chi connectivity index (χ0) is 12.7. The van der Waals surface area contributed by atoms with Gasteiger partial charge in [0.1, 0.15) is 11.6 Å². The number of halogens is 2. The number of hydrogen-bond donors (Lipinski definition) is 1. The fraction of sp³-hybridized carbons (Fsp3) is 0.429. The van der Waals surface area contributed by atoms with E-state index in [0.717, 1.165) is 25.7 Å². The van der Waals surface area contributed by atoms with E-state index in [1.807, 2.05) is 6.08 Å². The molecule has 0 bridgehead atoms. The molecule has 1 aromatic carbocycles. The molecule has 94 valence electrons. The Labute approximate surface area is 102 Å². The number of aryl methyl sites for hydroxylation is 1. The molecule has 0 spiro atoms. The van der Waals surface area contributed by atoms with Crippen LogP contribution in [-0.4, -0.2) is 6.54 Å². The molecule has 1 aromatic rings. The minimum atomic E-state index is -0.394. The highest BCUT2D eigenvalue weighted by atomic mass is 19.1. The van der Waals surface area contributed by atoms with Crippen molar-refractivity contribution in [3.05, 3.63) is 42.0 Å². The molecule has 0 atom stereocenters. The van der Waals surface area contributed by atoms with Gasteiger partial charge in [0, 0.05) is 12.6 Å². The van der Waals surface area contributed by atoms with Crippen LogP contribution in [0.5, 0.6) is 0 Å². The Kier molecular flexibility index (Phi) is 5.67. The summed E-state index contributed by atoms with van der Waals surface area (Å²) in [6, 6.07) is 2.43. The van der Waals surface area contributed by atoms with Crippen molar-refractivity contribution in [3.8, 4) is 0 Å². The van der Waals surface area contributed by atoms with Crippen LogP contribution in [0, 0.1) is 18.6 Å². The van der Waals surface area contributed by atoms with Gasteiger partial charge in [0.2, 0.25) is 0 Å². The maximum absolute atomic E-state index is 13.4. The van der Waals surface area contributed by atoms with Crippen LogP contribution in [0.15, 0.2) is 24.8 Å². The molecule has 17 heavy (non-hydrogen) atoms. The van der Waals surface area contributed by atoms with Crippen molar-refractivity contribution < 1.29 is 8.78 Å². The highest BCUT2D eigenvalue weighted by Gasteiger charge is 2.06. The Hall–Kier alpha value is -1.38. The normalized spacial score (nSPS) is 10.3. The zero-order valence-corrected chi connectivity index (χ0v) is 10.2. The van der Waals surface area contributed by atoms with Gasteiger partial charge in [-0.2, -0.15) is 0 Å². The van der Waals surface area contributed by atoms with E-state index in [-0.39, 0.29) is 11.5 Å². The van der Waals surface area contributed by atoms with Gasteiger partial charge in [-0.05, 0) is 37.8 Å². The van der Waals surface area contributed by atoms with Crippen LogP contribution in [0.4, 0.5) is 14.5 Å². The molecule has 0 saturated heterocycles. The van der Waals surface area contributed by atoms with Gasteiger partial charge in [-0.1, -0.05) is 12.5 Å². The Morgan fingerprint density at radius 2 is 1.94 bits per heavy atom. The van der Waals surface area contributed by atoms with E-state index in [9.17, 15) is 8.78 Å². The number of unbranched alkanes of at least 4 members (excludes halogenated alkanes) is 3. The lowest BCUT2D eigenvalue weighted by atomic mass is 10.1. The second-order valence-electron chi connectivity index (χ2n) is 4.15. The van der Waals surface area contributed by atoms with Crippen LogP contribution in [0.1, 0.15) is 31.2 Å². The molecule has 0 heterocycles. The van der Waals surface area contributed by atoms with Crippen LogP contribution in [0.2, 0.25) is 0 Å². The van der Waals surface area contributed by atoms with Gasteiger partial charge in [-0.15, -0.1) is 6.58 Å². The summed E-state index contributed by atoms with van der Waals surface area (Å²) in [5, 5.41) is 2.92. The lowest BCUT2D eigenvalue weighted by molar-refractivity contribution is 0.593. The van der Waals surface area contributed by atoms with Gasteiger partial charge in [0.15, 0.2) is 0 Å². The second kappa shape index (κ2) is 7.05. The molecule has 0 fully saturated rings. The predicted molar refractivity (Wildman–Crippen MR) is 68.2 cm³/mol. The Balaban J connectivity index is 2.36. The first-order valence-corrected chi connectivity index (χ1v) is 5.95. The van der Waals surface area contributed by atoms with E-state index >= 15 is 0 Å². The third kappa shape index (κ3) is 4.55. The third-order valence-electron chi connectivity index (χ3n) is 2.65.